The average molecular weight is 400 g/mol. The van der Waals surface area contributed by atoms with Crippen LogP contribution in [0.4, 0.5) is 0 Å². The first-order chi connectivity index (χ1) is 13.7. The average Bonchev–Trinajstić information content (AvgIpc) is 3.39. The SMILES string of the molecule is O=C(c1ncco1)C1CCN(Cc2cc3cc4c(cc3nc2Cl)OCO4)CC1. The molecular formula is C20H18ClN3O4. The zero-order chi connectivity index (χ0) is 19.1. The highest BCUT2D eigenvalue weighted by Gasteiger charge is 2.28. The van der Waals surface area contributed by atoms with E-state index in [1.165, 1.54) is 12.5 Å². The quantitative estimate of drug-likeness (QED) is 0.489. The number of hydrogen-bond donors (Lipinski definition) is 0. The maximum Gasteiger partial charge on any atom is 0.263 e. The number of oxazole rings is 1. The van der Waals surface area contributed by atoms with Crippen LogP contribution in [0.2, 0.25) is 5.15 Å². The van der Waals surface area contributed by atoms with E-state index >= 15 is 0 Å². The fraction of sp³-hybridized carbons (Fsp3) is 0.350. The van der Waals surface area contributed by atoms with Gasteiger partial charge in [-0.15, -0.1) is 0 Å². The number of hydrogen-bond acceptors (Lipinski definition) is 7. The van der Waals surface area contributed by atoms with E-state index in [0.29, 0.717) is 17.4 Å². The van der Waals surface area contributed by atoms with Crippen LogP contribution in [0.15, 0.2) is 35.1 Å². The van der Waals surface area contributed by atoms with E-state index in [1.54, 1.807) is 0 Å². The smallest absolute Gasteiger partial charge is 0.263 e. The molecule has 1 aromatic carbocycles. The van der Waals surface area contributed by atoms with Crippen LogP contribution in [0.1, 0.15) is 29.1 Å². The summed E-state index contributed by atoms with van der Waals surface area (Å²) in [5.74, 6) is 1.58. The molecule has 8 heteroatoms. The van der Waals surface area contributed by atoms with Gasteiger partial charge in [-0.1, -0.05) is 11.6 Å². The number of aromatic nitrogens is 2. The Hall–Kier alpha value is -2.64. The third kappa shape index (κ3) is 3.21. The fourth-order valence-electron chi connectivity index (χ4n) is 3.81. The molecule has 0 unspecified atom stereocenters. The monoisotopic (exact) mass is 399 g/mol. The van der Waals surface area contributed by atoms with Crippen LogP contribution in [0.3, 0.4) is 0 Å². The third-order valence-electron chi connectivity index (χ3n) is 5.33. The van der Waals surface area contributed by atoms with Crippen LogP contribution in [0, 0.1) is 5.92 Å². The van der Waals surface area contributed by atoms with Gasteiger partial charge >= 0.3 is 0 Å². The Morgan fingerprint density at radius 1 is 1.18 bits per heavy atom. The number of Topliss-reactive ketones (excluding diaryl/α,β-unsaturated/α-hetero) is 1. The molecule has 1 saturated heterocycles. The van der Waals surface area contributed by atoms with Gasteiger partial charge in [-0.3, -0.25) is 9.69 Å². The summed E-state index contributed by atoms with van der Waals surface area (Å²) >= 11 is 6.44. The summed E-state index contributed by atoms with van der Waals surface area (Å²) < 4.78 is 16.0. The molecule has 0 spiro atoms. The standard InChI is InChI=1S/C20H18ClN3O4/c21-19-14(7-13-8-16-17(28-11-27-16)9-15(13)23-19)10-24-4-1-12(2-5-24)18(25)20-22-3-6-26-20/h3,6-9,12H,1-2,4-5,10-11H2. The second kappa shape index (κ2) is 7.07. The van der Waals surface area contributed by atoms with Crippen LogP contribution < -0.4 is 9.47 Å². The molecule has 2 aromatic heterocycles. The third-order valence-corrected chi connectivity index (χ3v) is 5.66. The lowest BCUT2D eigenvalue weighted by Crippen LogP contribution is -2.36. The molecular weight excluding hydrogens is 382 g/mol. The van der Waals surface area contributed by atoms with Crippen molar-refractivity contribution in [2.75, 3.05) is 19.9 Å². The van der Waals surface area contributed by atoms with Gasteiger partial charge in [0.1, 0.15) is 11.4 Å². The lowest BCUT2D eigenvalue weighted by Gasteiger charge is -2.30. The van der Waals surface area contributed by atoms with Gasteiger partial charge in [0, 0.05) is 29.5 Å². The highest BCUT2D eigenvalue weighted by molar-refractivity contribution is 6.30. The lowest BCUT2D eigenvalue weighted by molar-refractivity contribution is 0.0799. The molecule has 2 aliphatic rings. The fourth-order valence-corrected chi connectivity index (χ4v) is 4.01. The Bertz CT molecular complexity index is 1030. The van der Waals surface area contributed by atoms with Crippen LogP contribution in [0.5, 0.6) is 11.5 Å². The minimum absolute atomic E-state index is 0.00821. The first-order valence-corrected chi connectivity index (χ1v) is 9.60. The predicted octanol–water partition coefficient (Wildman–Crippen LogP) is 3.70. The Morgan fingerprint density at radius 2 is 1.96 bits per heavy atom. The van der Waals surface area contributed by atoms with E-state index < -0.39 is 0 Å². The van der Waals surface area contributed by atoms with Gasteiger partial charge in [0.2, 0.25) is 12.6 Å². The number of halogens is 1. The summed E-state index contributed by atoms with van der Waals surface area (Å²) in [4.78, 5) is 23.2. The second-order valence-electron chi connectivity index (χ2n) is 7.09. The van der Waals surface area contributed by atoms with Gasteiger partial charge in [-0.05, 0) is 38.1 Å². The molecule has 0 bridgehead atoms. The summed E-state index contributed by atoms with van der Waals surface area (Å²) in [7, 11) is 0. The summed E-state index contributed by atoms with van der Waals surface area (Å²) in [6.45, 7) is 2.54. The van der Waals surface area contributed by atoms with Crippen molar-refractivity contribution in [3.05, 3.63) is 47.3 Å². The molecule has 1 fully saturated rings. The summed E-state index contributed by atoms with van der Waals surface area (Å²) in [5.41, 5.74) is 1.75. The van der Waals surface area contributed by atoms with Gasteiger partial charge in [0.25, 0.3) is 5.89 Å². The maximum atomic E-state index is 12.4. The number of piperidine rings is 1. The number of benzene rings is 1. The first kappa shape index (κ1) is 17.5. The molecule has 7 nitrogen and oxygen atoms in total. The van der Waals surface area contributed by atoms with Gasteiger partial charge in [0.15, 0.2) is 11.5 Å². The number of carbonyl (C=O) groups is 1. The molecule has 0 saturated carbocycles. The normalized spacial score (nSPS) is 17.3. The zero-order valence-electron chi connectivity index (χ0n) is 15.1. The first-order valence-electron chi connectivity index (χ1n) is 9.22. The number of pyridine rings is 1. The Balaban J connectivity index is 1.29. The van der Waals surface area contributed by atoms with Crippen molar-refractivity contribution in [1.82, 2.24) is 14.9 Å². The second-order valence-corrected chi connectivity index (χ2v) is 7.45. The molecule has 144 valence electrons. The van der Waals surface area contributed by atoms with E-state index in [0.717, 1.165) is 48.1 Å². The van der Waals surface area contributed by atoms with E-state index in [1.807, 2.05) is 12.1 Å². The van der Waals surface area contributed by atoms with Crippen molar-refractivity contribution in [3.8, 4) is 11.5 Å². The van der Waals surface area contributed by atoms with Gasteiger partial charge in [-0.2, -0.15) is 0 Å². The lowest BCUT2D eigenvalue weighted by atomic mass is 9.92. The van der Waals surface area contributed by atoms with Crippen LogP contribution in [0.25, 0.3) is 10.9 Å². The molecule has 0 radical (unpaired) electrons. The van der Waals surface area contributed by atoms with Gasteiger partial charge < -0.3 is 13.9 Å². The number of rotatable bonds is 4. The molecule has 5 rings (SSSR count). The molecule has 28 heavy (non-hydrogen) atoms. The Morgan fingerprint density at radius 3 is 2.71 bits per heavy atom. The number of carbonyl (C=O) groups excluding carboxylic acids is 1. The van der Waals surface area contributed by atoms with Crippen molar-refractivity contribution in [1.29, 1.82) is 0 Å². The summed E-state index contributed by atoms with van der Waals surface area (Å²) in [6, 6.07) is 5.84. The molecule has 0 atom stereocenters. The summed E-state index contributed by atoms with van der Waals surface area (Å²) in [6.07, 6.45) is 4.49. The predicted molar refractivity (Wildman–Crippen MR) is 102 cm³/mol. The van der Waals surface area contributed by atoms with Crippen molar-refractivity contribution < 1.29 is 18.7 Å². The minimum atomic E-state index is -0.0418. The number of ketones is 1. The maximum absolute atomic E-state index is 12.4. The number of nitrogens with zero attached hydrogens (tertiary/aromatic N) is 3. The van der Waals surface area contributed by atoms with E-state index in [9.17, 15) is 4.79 Å². The number of likely N-dealkylation sites (tertiary alicyclic amines) is 1. The van der Waals surface area contributed by atoms with Crippen LogP contribution in [-0.2, 0) is 6.54 Å². The summed E-state index contributed by atoms with van der Waals surface area (Å²) in [5, 5.41) is 1.46. The zero-order valence-corrected chi connectivity index (χ0v) is 15.8. The molecule has 2 aliphatic heterocycles. The van der Waals surface area contributed by atoms with E-state index in [-0.39, 0.29) is 24.4 Å². The Kier molecular flexibility index (Phi) is 4.41. The van der Waals surface area contributed by atoms with Crippen LogP contribution in [-0.4, -0.2) is 40.5 Å². The largest absolute Gasteiger partial charge is 0.454 e. The molecule has 4 heterocycles. The number of ether oxygens (including phenoxy) is 2. The van der Waals surface area contributed by atoms with Crippen molar-refractivity contribution >= 4 is 28.3 Å². The van der Waals surface area contributed by atoms with E-state index in [4.69, 9.17) is 25.5 Å². The molecule has 0 aliphatic carbocycles. The molecule has 0 amide bonds. The van der Waals surface area contributed by atoms with E-state index in [2.05, 4.69) is 20.9 Å². The highest BCUT2D eigenvalue weighted by Crippen LogP contribution is 2.36. The molecule has 3 aromatic rings. The van der Waals surface area contributed by atoms with Crippen molar-refractivity contribution in [2.45, 2.75) is 19.4 Å². The molecule has 0 N–H and O–H groups in total. The highest BCUT2D eigenvalue weighted by atomic mass is 35.5. The Labute approximate surface area is 166 Å². The number of fused-ring (bicyclic) bond motifs is 2. The topological polar surface area (TPSA) is 77.7 Å². The minimum Gasteiger partial charge on any atom is -0.454 e. The van der Waals surface area contributed by atoms with Crippen LogP contribution >= 0.6 is 11.6 Å². The van der Waals surface area contributed by atoms with Gasteiger partial charge in [-0.25, -0.2) is 9.97 Å². The van der Waals surface area contributed by atoms with Gasteiger partial charge in [0.05, 0.1) is 11.7 Å². The van der Waals surface area contributed by atoms with Crippen molar-refractivity contribution in [3.63, 3.8) is 0 Å². The van der Waals surface area contributed by atoms with Crippen molar-refractivity contribution in [2.24, 2.45) is 5.92 Å².